The Morgan fingerprint density at radius 3 is 2.44 bits per heavy atom. The first-order chi connectivity index (χ1) is 23.9. The highest BCUT2D eigenvalue weighted by Crippen LogP contribution is 2.68. The van der Waals surface area contributed by atoms with Crippen LogP contribution in [0.4, 0.5) is 24.5 Å². The number of aromatic nitrogens is 1. The number of imide groups is 1. The Kier molecular flexibility index (Phi) is 7.86. The van der Waals surface area contributed by atoms with Crippen LogP contribution >= 0.6 is 23.1 Å². The molecule has 4 aliphatic rings. The van der Waals surface area contributed by atoms with Gasteiger partial charge in [0.1, 0.15) is 0 Å². The Morgan fingerprint density at radius 2 is 1.72 bits per heavy atom. The fourth-order valence-corrected chi connectivity index (χ4v) is 11.3. The lowest BCUT2D eigenvalue weighted by molar-refractivity contribution is -0.137. The number of methoxy groups -OCH3 is 1. The number of amides is 3. The van der Waals surface area contributed by atoms with Gasteiger partial charge in [-0.1, -0.05) is 41.2 Å². The van der Waals surface area contributed by atoms with Gasteiger partial charge in [-0.05, 0) is 79.1 Å². The van der Waals surface area contributed by atoms with Crippen LogP contribution in [-0.2, 0) is 20.6 Å². The van der Waals surface area contributed by atoms with E-state index in [1.165, 1.54) is 24.1 Å². The van der Waals surface area contributed by atoms with Crippen molar-refractivity contribution in [2.24, 2.45) is 29.6 Å². The number of hydrogen-bond donors (Lipinski definition) is 2. The van der Waals surface area contributed by atoms with E-state index in [9.17, 15) is 32.3 Å². The molecule has 3 fully saturated rings. The second-order valence-corrected chi connectivity index (χ2v) is 15.3. The number of hydrogen-bond acceptors (Lipinski definition) is 8. The van der Waals surface area contributed by atoms with Crippen LogP contribution in [0, 0.1) is 36.5 Å². The first kappa shape index (κ1) is 32.6. The maximum Gasteiger partial charge on any atom is 0.416 e. The monoisotopic (exact) mass is 721 g/mol. The molecule has 1 aromatic heterocycles. The van der Waals surface area contributed by atoms with Crippen LogP contribution in [0.2, 0.25) is 0 Å². The second-order valence-electron chi connectivity index (χ2n) is 13.1. The van der Waals surface area contributed by atoms with Crippen LogP contribution in [0.3, 0.4) is 0 Å². The molecule has 50 heavy (non-hydrogen) atoms. The van der Waals surface area contributed by atoms with Gasteiger partial charge in [-0.3, -0.25) is 24.1 Å². The van der Waals surface area contributed by atoms with Gasteiger partial charge in [0.15, 0.2) is 18.1 Å². The molecule has 2 saturated carbocycles. The number of carbonyl (C=O) groups is 3. The van der Waals surface area contributed by atoms with E-state index in [1.807, 2.05) is 37.3 Å². The summed E-state index contributed by atoms with van der Waals surface area (Å²) >= 11 is 2.74. The molecule has 3 aromatic carbocycles. The molecule has 4 aromatic rings. The number of ether oxygens (including phenoxy) is 2. The molecule has 2 N–H and O–H groups in total. The van der Waals surface area contributed by atoms with Gasteiger partial charge in [-0.2, -0.15) is 13.2 Å². The third-order valence-electron chi connectivity index (χ3n) is 10.4. The number of rotatable bonds is 7. The molecule has 2 bridgehead atoms. The van der Waals surface area contributed by atoms with Gasteiger partial charge >= 0.3 is 11.0 Å². The van der Waals surface area contributed by atoms with Crippen molar-refractivity contribution in [1.82, 2.24) is 4.98 Å². The van der Waals surface area contributed by atoms with Gasteiger partial charge in [-0.25, -0.2) is 0 Å². The summed E-state index contributed by atoms with van der Waals surface area (Å²) in [6, 6.07) is 17.0. The number of thioether (sulfide) groups is 1. The van der Waals surface area contributed by atoms with Gasteiger partial charge in [-0.15, -0.1) is 11.8 Å². The van der Waals surface area contributed by atoms with E-state index < -0.39 is 36.1 Å². The Bertz CT molecular complexity index is 2100. The normalized spacial score (nSPS) is 26.4. The lowest BCUT2D eigenvalue weighted by Gasteiger charge is -2.43. The molecule has 8 rings (SSSR count). The van der Waals surface area contributed by atoms with Gasteiger partial charge in [0.2, 0.25) is 11.8 Å². The summed E-state index contributed by atoms with van der Waals surface area (Å²) < 4.78 is 50.7. The number of H-pyrrole nitrogens is 1. The first-order valence-electron chi connectivity index (χ1n) is 16.0. The van der Waals surface area contributed by atoms with Gasteiger partial charge in [0, 0.05) is 21.7 Å². The number of nitrogens with zero attached hydrogens (tertiary/aromatic N) is 1. The van der Waals surface area contributed by atoms with E-state index in [4.69, 9.17) is 9.47 Å². The minimum atomic E-state index is -4.55. The third-order valence-corrected chi connectivity index (χ3v) is 13.0. The summed E-state index contributed by atoms with van der Waals surface area (Å²) in [6.07, 6.45) is -3.81. The maximum atomic E-state index is 14.0. The van der Waals surface area contributed by atoms with E-state index in [2.05, 4.69) is 10.3 Å². The SMILES string of the molecule is COc1cc([C@@H]2c3sc(=O)[nH]c3S[C@@H]3[C@@H]4C[C@@H]([C@@H]5C(=O)N(c6ccc(C)cc6)C(=O)[C@@H]45)[C@H]23)ccc1OCC(=O)Nc1cccc(C(F)(F)F)c1. The van der Waals surface area contributed by atoms with Crippen molar-refractivity contribution in [3.8, 4) is 11.5 Å². The maximum absolute atomic E-state index is 14.0. The summed E-state index contributed by atoms with van der Waals surface area (Å²) in [6.45, 7) is 1.47. The zero-order valence-corrected chi connectivity index (χ0v) is 28.3. The second kappa shape index (κ2) is 12.0. The first-order valence-corrected chi connectivity index (χ1v) is 17.7. The smallest absolute Gasteiger partial charge is 0.416 e. The van der Waals surface area contributed by atoms with Crippen molar-refractivity contribution < 1.29 is 37.0 Å². The molecule has 2 aliphatic carbocycles. The molecule has 1 saturated heterocycles. The fraction of sp³-hybridized carbons (Fsp3) is 0.333. The number of aryl methyl sites for hydroxylation is 1. The number of nitrogens with one attached hydrogen (secondary N) is 2. The summed E-state index contributed by atoms with van der Waals surface area (Å²) in [4.78, 5) is 58.2. The zero-order chi connectivity index (χ0) is 35.1. The molecule has 2 aliphatic heterocycles. The predicted molar refractivity (Wildman–Crippen MR) is 181 cm³/mol. The molecule has 7 atom stereocenters. The number of carbonyl (C=O) groups excluding carboxylic acids is 3. The lowest BCUT2D eigenvalue weighted by Crippen LogP contribution is -2.42. The minimum absolute atomic E-state index is 0.000170. The van der Waals surface area contributed by atoms with Crippen LogP contribution in [0.15, 0.2) is 76.6 Å². The van der Waals surface area contributed by atoms with E-state index in [0.717, 1.165) is 50.9 Å². The van der Waals surface area contributed by atoms with Crippen molar-refractivity contribution in [2.75, 3.05) is 23.9 Å². The molecule has 3 heterocycles. The van der Waals surface area contributed by atoms with Crippen molar-refractivity contribution in [1.29, 1.82) is 0 Å². The third kappa shape index (κ3) is 5.31. The van der Waals surface area contributed by atoms with Crippen molar-refractivity contribution in [2.45, 2.75) is 35.7 Å². The van der Waals surface area contributed by atoms with Crippen LogP contribution in [0.5, 0.6) is 11.5 Å². The molecule has 0 spiro atoms. The van der Waals surface area contributed by atoms with Crippen molar-refractivity contribution in [3.05, 3.63) is 98.0 Å². The summed E-state index contributed by atoms with van der Waals surface area (Å²) in [5.41, 5.74) is 1.55. The van der Waals surface area contributed by atoms with Crippen LogP contribution in [0.1, 0.15) is 33.9 Å². The number of anilines is 2. The average molecular weight is 722 g/mol. The number of halogens is 3. The number of thiazole rings is 1. The highest BCUT2D eigenvalue weighted by molar-refractivity contribution is 8.00. The minimum Gasteiger partial charge on any atom is -0.493 e. The molecular formula is C36H30F3N3O6S2. The molecular weight excluding hydrogens is 692 g/mol. The van der Waals surface area contributed by atoms with Crippen LogP contribution in [-0.4, -0.2) is 41.7 Å². The zero-order valence-electron chi connectivity index (χ0n) is 26.7. The van der Waals surface area contributed by atoms with E-state index in [0.29, 0.717) is 11.4 Å². The fourth-order valence-electron chi connectivity index (χ4n) is 8.45. The standard InChI is InChI=1S/C36H30F3N3O6S2/c1-16-6-9-20(10-7-16)42-33(44)28-21-14-22(29(28)34(42)45)30-27(21)26(31-32(49-30)41-35(46)50-31)17-8-11-23(24(12-17)47-2)48-15-25(43)40-19-5-3-4-18(13-19)36(37,38)39/h3-13,21-22,26-30H,14-15H2,1-2H3,(H,40,43)(H,41,46)/t21-,22-,26+,27-,28+,29+,30-/m1/s1. The molecule has 3 amide bonds. The largest absolute Gasteiger partial charge is 0.493 e. The van der Waals surface area contributed by atoms with E-state index >= 15 is 0 Å². The molecule has 14 heteroatoms. The summed E-state index contributed by atoms with van der Waals surface area (Å²) in [7, 11) is 1.46. The number of fused-ring (bicyclic) bond motifs is 9. The summed E-state index contributed by atoms with van der Waals surface area (Å²) in [5.74, 6) is -1.68. The Balaban J connectivity index is 1.06. The predicted octanol–water partition coefficient (Wildman–Crippen LogP) is 6.47. The molecule has 0 radical (unpaired) electrons. The van der Waals surface area contributed by atoms with Crippen molar-refractivity contribution >= 4 is 52.2 Å². The quantitative estimate of drug-likeness (QED) is 0.210. The topological polar surface area (TPSA) is 118 Å². The van der Waals surface area contributed by atoms with Crippen molar-refractivity contribution in [3.63, 3.8) is 0 Å². The molecule has 258 valence electrons. The number of alkyl halides is 3. The average Bonchev–Trinajstić information content (AvgIpc) is 3.82. The van der Waals surface area contributed by atoms with Gasteiger partial charge < -0.3 is 19.8 Å². The van der Waals surface area contributed by atoms with Gasteiger partial charge in [0.25, 0.3) is 5.91 Å². The van der Waals surface area contributed by atoms with E-state index in [1.54, 1.807) is 23.9 Å². The summed E-state index contributed by atoms with van der Waals surface area (Å²) in [5, 5.41) is 3.20. The number of benzene rings is 3. The van der Waals surface area contributed by atoms with Crippen LogP contribution in [0.25, 0.3) is 0 Å². The van der Waals surface area contributed by atoms with Gasteiger partial charge in [0.05, 0.1) is 35.2 Å². The molecule has 9 nitrogen and oxygen atoms in total. The number of aromatic amines is 1. The van der Waals surface area contributed by atoms with Crippen LogP contribution < -0.4 is 24.6 Å². The molecule has 0 unspecified atom stereocenters. The van der Waals surface area contributed by atoms with E-state index in [-0.39, 0.29) is 57.0 Å². The Morgan fingerprint density at radius 1 is 0.980 bits per heavy atom. The lowest BCUT2D eigenvalue weighted by atomic mass is 9.68. The Labute approximate surface area is 292 Å². The highest BCUT2D eigenvalue weighted by Gasteiger charge is 2.69. The Hall–Kier alpha value is -4.56. The highest BCUT2D eigenvalue weighted by atomic mass is 32.2.